The number of thiazole rings is 1. The Morgan fingerprint density at radius 2 is 1.79 bits per heavy atom. The van der Waals surface area contributed by atoms with E-state index >= 15 is 0 Å². The number of aromatic nitrogens is 1. The summed E-state index contributed by atoms with van der Waals surface area (Å²) in [5, 5.41) is 4.97. The molecule has 0 saturated heterocycles. The van der Waals surface area contributed by atoms with E-state index < -0.39 is 0 Å². The molecule has 1 unspecified atom stereocenters. The molecule has 1 aliphatic rings. The van der Waals surface area contributed by atoms with Gasteiger partial charge in [-0.15, -0.1) is 11.3 Å². The quantitative estimate of drug-likeness (QED) is 0.408. The van der Waals surface area contributed by atoms with Crippen LogP contribution in [0, 0.1) is 0 Å². The fourth-order valence-corrected chi connectivity index (χ4v) is 4.53. The molecule has 34 heavy (non-hydrogen) atoms. The number of carbonyl (C=O) groups excluding carboxylic acids is 1. The van der Waals surface area contributed by atoms with Gasteiger partial charge in [0, 0.05) is 10.9 Å². The molecule has 1 aliphatic carbocycles. The van der Waals surface area contributed by atoms with Crippen molar-refractivity contribution in [2.45, 2.75) is 51.4 Å². The number of hydrogen-bond donors (Lipinski definition) is 1. The van der Waals surface area contributed by atoms with E-state index in [1.54, 1.807) is 37.9 Å². The third-order valence-electron chi connectivity index (χ3n) is 5.92. The van der Waals surface area contributed by atoms with Crippen LogP contribution in [-0.2, 0) is 6.61 Å². The molecule has 1 amide bonds. The van der Waals surface area contributed by atoms with Gasteiger partial charge in [-0.05, 0) is 68.5 Å². The van der Waals surface area contributed by atoms with Crippen molar-refractivity contribution in [3.63, 3.8) is 0 Å². The lowest BCUT2D eigenvalue weighted by molar-refractivity contribution is 0.0939. The molecule has 1 aromatic heterocycles. The van der Waals surface area contributed by atoms with Crippen LogP contribution in [0.4, 0.5) is 0 Å². The summed E-state index contributed by atoms with van der Waals surface area (Å²) >= 11 is 1.51. The van der Waals surface area contributed by atoms with Crippen LogP contribution in [-0.4, -0.2) is 31.2 Å². The van der Waals surface area contributed by atoms with Crippen molar-refractivity contribution in [3.8, 4) is 23.0 Å². The zero-order valence-corrected chi connectivity index (χ0v) is 20.5. The first-order chi connectivity index (χ1) is 16.6. The predicted molar refractivity (Wildman–Crippen MR) is 131 cm³/mol. The molecule has 1 heterocycles. The van der Waals surface area contributed by atoms with Gasteiger partial charge in [0.15, 0.2) is 23.0 Å². The highest BCUT2D eigenvalue weighted by Gasteiger charge is 2.20. The Bertz CT molecular complexity index is 1100. The summed E-state index contributed by atoms with van der Waals surface area (Å²) in [5.74, 6) is 2.26. The molecule has 3 aromatic rings. The van der Waals surface area contributed by atoms with Crippen LogP contribution in [0.15, 0.2) is 47.3 Å². The number of ether oxygens (including phenoxy) is 4. The molecule has 1 saturated carbocycles. The zero-order chi connectivity index (χ0) is 23.9. The first-order valence-corrected chi connectivity index (χ1v) is 12.3. The standard InChI is InChI=1S/C26H30N2O5S/c1-17(18-8-11-23(25(12-18)31-3)33-21-6-4-5-7-21)28-26(29)19-9-10-22(24(13-19)30-2)32-14-20-15-34-16-27-20/h8-13,15-17,21H,4-7,14H2,1-3H3,(H,28,29). The van der Waals surface area contributed by atoms with Crippen LogP contribution in [0.3, 0.4) is 0 Å². The summed E-state index contributed by atoms with van der Waals surface area (Å²) in [7, 11) is 3.19. The predicted octanol–water partition coefficient (Wildman–Crippen LogP) is 5.55. The van der Waals surface area contributed by atoms with Crippen molar-refractivity contribution in [3.05, 3.63) is 64.1 Å². The van der Waals surface area contributed by atoms with Crippen molar-refractivity contribution >= 4 is 17.2 Å². The Kier molecular flexibility index (Phi) is 7.90. The molecule has 1 N–H and O–H groups in total. The Morgan fingerprint density at radius 3 is 2.50 bits per heavy atom. The van der Waals surface area contributed by atoms with Crippen LogP contribution >= 0.6 is 11.3 Å². The molecule has 4 rings (SSSR count). The van der Waals surface area contributed by atoms with Gasteiger partial charge >= 0.3 is 0 Å². The molecule has 0 spiro atoms. The third-order valence-corrected chi connectivity index (χ3v) is 6.55. The molecule has 8 heteroatoms. The average molecular weight is 483 g/mol. The van der Waals surface area contributed by atoms with Gasteiger partial charge in [0.2, 0.25) is 0 Å². The number of nitrogens with zero attached hydrogens (tertiary/aromatic N) is 1. The van der Waals surface area contributed by atoms with Gasteiger partial charge in [0.05, 0.1) is 37.6 Å². The molecule has 0 radical (unpaired) electrons. The molecule has 2 aromatic carbocycles. The van der Waals surface area contributed by atoms with Gasteiger partial charge in [0.25, 0.3) is 5.91 Å². The third kappa shape index (κ3) is 5.80. The van der Waals surface area contributed by atoms with E-state index in [-0.39, 0.29) is 18.1 Å². The molecule has 1 atom stereocenters. The summed E-state index contributed by atoms with van der Waals surface area (Å²) < 4.78 is 22.9. The molecule has 180 valence electrons. The summed E-state index contributed by atoms with van der Waals surface area (Å²) in [6.45, 7) is 2.28. The van der Waals surface area contributed by atoms with E-state index in [0.717, 1.165) is 29.8 Å². The highest BCUT2D eigenvalue weighted by molar-refractivity contribution is 7.07. The van der Waals surface area contributed by atoms with Crippen LogP contribution in [0.1, 0.15) is 60.3 Å². The van der Waals surface area contributed by atoms with Crippen molar-refractivity contribution < 1.29 is 23.7 Å². The van der Waals surface area contributed by atoms with E-state index in [1.807, 2.05) is 30.5 Å². The largest absolute Gasteiger partial charge is 0.493 e. The van der Waals surface area contributed by atoms with Crippen LogP contribution < -0.4 is 24.3 Å². The lowest BCUT2D eigenvalue weighted by atomic mass is 10.1. The number of amides is 1. The molecule has 1 fully saturated rings. The van der Waals surface area contributed by atoms with E-state index in [4.69, 9.17) is 18.9 Å². The fourth-order valence-electron chi connectivity index (χ4n) is 3.99. The smallest absolute Gasteiger partial charge is 0.251 e. The van der Waals surface area contributed by atoms with Crippen molar-refractivity contribution in [1.29, 1.82) is 0 Å². The fraction of sp³-hybridized carbons (Fsp3) is 0.385. The van der Waals surface area contributed by atoms with Crippen LogP contribution in [0.2, 0.25) is 0 Å². The summed E-state index contributed by atoms with van der Waals surface area (Å²) in [4.78, 5) is 17.1. The highest BCUT2D eigenvalue weighted by atomic mass is 32.1. The van der Waals surface area contributed by atoms with Crippen molar-refractivity contribution in [2.24, 2.45) is 0 Å². The number of methoxy groups -OCH3 is 2. The maximum Gasteiger partial charge on any atom is 0.251 e. The lowest BCUT2D eigenvalue weighted by Crippen LogP contribution is -2.26. The number of carbonyl (C=O) groups is 1. The van der Waals surface area contributed by atoms with E-state index in [0.29, 0.717) is 29.4 Å². The van der Waals surface area contributed by atoms with Gasteiger partial charge in [-0.1, -0.05) is 6.07 Å². The summed E-state index contributed by atoms with van der Waals surface area (Å²) in [6.07, 6.45) is 4.82. The Labute approximate surface area is 204 Å². The van der Waals surface area contributed by atoms with Gasteiger partial charge < -0.3 is 24.3 Å². The van der Waals surface area contributed by atoms with Gasteiger partial charge in [0.1, 0.15) is 6.61 Å². The molecule has 0 aliphatic heterocycles. The second-order valence-corrected chi connectivity index (χ2v) is 8.98. The van der Waals surface area contributed by atoms with E-state index in [2.05, 4.69) is 10.3 Å². The Balaban J connectivity index is 1.41. The highest BCUT2D eigenvalue weighted by Crippen LogP contribution is 2.34. The second kappa shape index (κ2) is 11.2. The van der Waals surface area contributed by atoms with Gasteiger partial charge in [-0.25, -0.2) is 4.98 Å². The maximum absolute atomic E-state index is 12.9. The minimum Gasteiger partial charge on any atom is -0.493 e. The minimum atomic E-state index is -0.228. The minimum absolute atomic E-state index is 0.206. The number of hydrogen-bond acceptors (Lipinski definition) is 7. The zero-order valence-electron chi connectivity index (χ0n) is 19.7. The van der Waals surface area contributed by atoms with Gasteiger partial charge in [-0.2, -0.15) is 0 Å². The molecule has 7 nitrogen and oxygen atoms in total. The normalized spacial score (nSPS) is 14.4. The Morgan fingerprint density at radius 1 is 1.06 bits per heavy atom. The van der Waals surface area contributed by atoms with Gasteiger partial charge in [-0.3, -0.25) is 4.79 Å². The maximum atomic E-state index is 12.9. The molecular weight excluding hydrogens is 452 g/mol. The SMILES string of the molecule is COc1cc(C(=O)NC(C)c2ccc(OC3CCCC3)c(OC)c2)ccc1OCc1cscn1. The average Bonchev–Trinajstić information content (AvgIpc) is 3.57. The first kappa shape index (κ1) is 23.9. The summed E-state index contributed by atoms with van der Waals surface area (Å²) in [5.41, 5.74) is 4.02. The topological polar surface area (TPSA) is 78.9 Å². The number of rotatable bonds is 10. The first-order valence-electron chi connectivity index (χ1n) is 11.4. The van der Waals surface area contributed by atoms with Crippen molar-refractivity contribution in [1.82, 2.24) is 10.3 Å². The summed E-state index contributed by atoms with van der Waals surface area (Å²) in [6, 6.07) is 10.7. The number of nitrogens with one attached hydrogen (secondary N) is 1. The van der Waals surface area contributed by atoms with E-state index in [9.17, 15) is 4.79 Å². The van der Waals surface area contributed by atoms with Crippen LogP contribution in [0.5, 0.6) is 23.0 Å². The lowest BCUT2D eigenvalue weighted by Gasteiger charge is -2.19. The number of benzene rings is 2. The Hall–Kier alpha value is -3.26. The molecule has 0 bridgehead atoms. The van der Waals surface area contributed by atoms with Crippen molar-refractivity contribution in [2.75, 3.05) is 14.2 Å². The molecular formula is C26H30N2O5S. The van der Waals surface area contributed by atoms with Crippen LogP contribution in [0.25, 0.3) is 0 Å². The van der Waals surface area contributed by atoms with E-state index in [1.165, 1.54) is 24.2 Å². The second-order valence-electron chi connectivity index (χ2n) is 8.26. The monoisotopic (exact) mass is 482 g/mol.